The fourth-order valence-corrected chi connectivity index (χ4v) is 4.89. The number of benzene rings is 1. The number of fused-ring (bicyclic) bond motifs is 1. The van der Waals surface area contributed by atoms with E-state index in [4.69, 9.17) is 19.7 Å². The first kappa shape index (κ1) is 22.5. The van der Waals surface area contributed by atoms with Crippen molar-refractivity contribution in [1.82, 2.24) is 20.3 Å². The minimum Gasteiger partial charge on any atom is -0.377 e. The quantitative estimate of drug-likeness (QED) is 0.636. The second-order valence-electron chi connectivity index (χ2n) is 9.23. The SMILES string of the molecule is CNC(=O)c1cccc(-c2ccc3c(N4CCOC[C@@H]4C)nc(N4CCCC[C@@H]4C)nc3n2)c1. The summed E-state index contributed by atoms with van der Waals surface area (Å²) in [6.45, 7) is 7.53. The Morgan fingerprint density at radius 1 is 1.03 bits per heavy atom. The maximum atomic E-state index is 12.1. The monoisotopic (exact) mass is 460 g/mol. The molecule has 2 aliphatic heterocycles. The van der Waals surface area contributed by atoms with Gasteiger partial charge in [-0.05, 0) is 57.4 Å². The summed E-state index contributed by atoms with van der Waals surface area (Å²) in [6.07, 6.45) is 3.53. The van der Waals surface area contributed by atoms with E-state index in [-0.39, 0.29) is 11.9 Å². The van der Waals surface area contributed by atoms with Crippen LogP contribution in [0.15, 0.2) is 36.4 Å². The lowest BCUT2D eigenvalue weighted by molar-refractivity contribution is 0.0963. The molecule has 0 unspecified atom stereocenters. The molecule has 0 aliphatic carbocycles. The zero-order valence-electron chi connectivity index (χ0n) is 20.1. The molecule has 0 bridgehead atoms. The first-order chi connectivity index (χ1) is 16.5. The molecule has 4 heterocycles. The molecule has 0 radical (unpaired) electrons. The van der Waals surface area contributed by atoms with E-state index in [1.54, 1.807) is 13.1 Å². The zero-order valence-corrected chi connectivity index (χ0v) is 20.1. The molecule has 2 atom stereocenters. The first-order valence-electron chi connectivity index (χ1n) is 12.2. The van der Waals surface area contributed by atoms with Crippen LogP contribution in [0.3, 0.4) is 0 Å². The molecule has 3 aromatic rings. The summed E-state index contributed by atoms with van der Waals surface area (Å²) in [4.78, 5) is 31.8. The molecule has 0 saturated carbocycles. The second-order valence-corrected chi connectivity index (χ2v) is 9.23. The summed E-state index contributed by atoms with van der Waals surface area (Å²) in [7, 11) is 1.64. The number of ether oxygens (including phenoxy) is 1. The number of carbonyl (C=O) groups excluding carboxylic acids is 1. The highest BCUT2D eigenvalue weighted by molar-refractivity contribution is 5.95. The molecule has 8 heteroatoms. The van der Waals surface area contributed by atoms with Crippen LogP contribution >= 0.6 is 0 Å². The molecule has 1 N–H and O–H groups in total. The van der Waals surface area contributed by atoms with Crippen LogP contribution in [0, 0.1) is 0 Å². The number of amides is 1. The van der Waals surface area contributed by atoms with Crippen LogP contribution in [0.5, 0.6) is 0 Å². The van der Waals surface area contributed by atoms with Gasteiger partial charge in [0.2, 0.25) is 5.95 Å². The van der Waals surface area contributed by atoms with E-state index in [1.165, 1.54) is 6.42 Å². The van der Waals surface area contributed by atoms with Crippen molar-refractivity contribution in [2.45, 2.75) is 45.2 Å². The number of aromatic nitrogens is 3. The van der Waals surface area contributed by atoms with Crippen molar-refractivity contribution in [3.05, 3.63) is 42.0 Å². The molecule has 2 fully saturated rings. The van der Waals surface area contributed by atoms with E-state index >= 15 is 0 Å². The molecule has 8 nitrogen and oxygen atoms in total. The van der Waals surface area contributed by atoms with Gasteiger partial charge in [-0.2, -0.15) is 9.97 Å². The number of piperidine rings is 1. The lowest BCUT2D eigenvalue weighted by atomic mass is 10.0. The fourth-order valence-electron chi connectivity index (χ4n) is 4.89. The summed E-state index contributed by atoms with van der Waals surface area (Å²) in [5.74, 6) is 1.55. The van der Waals surface area contributed by atoms with Crippen LogP contribution in [0.25, 0.3) is 22.3 Å². The van der Waals surface area contributed by atoms with Gasteiger partial charge in [0, 0.05) is 37.3 Å². The van der Waals surface area contributed by atoms with Crippen LogP contribution in [-0.2, 0) is 4.74 Å². The molecule has 5 rings (SSSR count). The van der Waals surface area contributed by atoms with Crippen molar-refractivity contribution in [3.8, 4) is 11.3 Å². The summed E-state index contributed by atoms with van der Waals surface area (Å²) in [6, 6.07) is 12.2. The Morgan fingerprint density at radius 2 is 1.91 bits per heavy atom. The van der Waals surface area contributed by atoms with Crippen molar-refractivity contribution in [2.24, 2.45) is 0 Å². The molecule has 2 saturated heterocycles. The highest BCUT2D eigenvalue weighted by Gasteiger charge is 2.27. The summed E-state index contributed by atoms with van der Waals surface area (Å²) in [5, 5.41) is 3.62. The molecule has 2 aliphatic rings. The van der Waals surface area contributed by atoms with Crippen molar-refractivity contribution in [1.29, 1.82) is 0 Å². The third-order valence-corrected chi connectivity index (χ3v) is 6.87. The average molecular weight is 461 g/mol. The van der Waals surface area contributed by atoms with Gasteiger partial charge in [-0.1, -0.05) is 12.1 Å². The van der Waals surface area contributed by atoms with E-state index in [0.717, 1.165) is 54.3 Å². The Bertz CT molecular complexity index is 1200. The lowest BCUT2D eigenvalue weighted by Gasteiger charge is -2.37. The van der Waals surface area contributed by atoms with Crippen LogP contribution in [-0.4, -0.2) is 66.3 Å². The first-order valence-corrected chi connectivity index (χ1v) is 12.2. The van der Waals surface area contributed by atoms with Crippen LogP contribution in [0.4, 0.5) is 11.8 Å². The van der Waals surface area contributed by atoms with E-state index in [2.05, 4.69) is 35.0 Å². The van der Waals surface area contributed by atoms with Crippen LogP contribution in [0.2, 0.25) is 0 Å². The topological polar surface area (TPSA) is 83.5 Å². The zero-order chi connectivity index (χ0) is 23.7. The number of hydrogen-bond acceptors (Lipinski definition) is 7. The van der Waals surface area contributed by atoms with Gasteiger partial charge in [-0.15, -0.1) is 0 Å². The number of hydrogen-bond donors (Lipinski definition) is 1. The van der Waals surface area contributed by atoms with Gasteiger partial charge in [-0.3, -0.25) is 4.79 Å². The second kappa shape index (κ2) is 9.54. The standard InChI is InChI=1S/C26H32N6O2/c1-17-7-4-5-12-32(17)26-29-23-21(24(30-26)31-13-14-34-16-18(31)2)10-11-22(28-23)19-8-6-9-20(15-19)25(33)27-3/h6,8-11,15,17-18H,4-5,7,12-14,16H2,1-3H3,(H,27,33)/t17-,18-/m0/s1. The number of carbonyl (C=O) groups is 1. The number of nitrogens with zero attached hydrogens (tertiary/aromatic N) is 5. The Balaban J connectivity index is 1.63. The predicted octanol–water partition coefficient (Wildman–Crippen LogP) is 3.66. The summed E-state index contributed by atoms with van der Waals surface area (Å²) >= 11 is 0. The number of anilines is 2. The largest absolute Gasteiger partial charge is 0.377 e. The fraction of sp³-hybridized carbons (Fsp3) is 0.462. The Kier molecular flexibility index (Phi) is 6.32. The van der Waals surface area contributed by atoms with Crippen LogP contribution in [0.1, 0.15) is 43.5 Å². The van der Waals surface area contributed by atoms with E-state index in [0.29, 0.717) is 30.5 Å². The van der Waals surface area contributed by atoms with Gasteiger partial charge in [-0.25, -0.2) is 4.98 Å². The lowest BCUT2D eigenvalue weighted by Crippen LogP contribution is -2.45. The number of nitrogens with one attached hydrogen (secondary N) is 1. The third kappa shape index (κ3) is 4.30. The van der Waals surface area contributed by atoms with Gasteiger partial charge in [0.25, 0.3) is 5.91 Å². The van der Waals surface area contributed by atoms with Crippen molar-refractivity contribution in [3.63, 3.8) is 0 Å². The van der Waals surface area contributed by atoms with Crippen LogP contribution < -0.4 is 15.1 Å². The van der Waals surface area contributed by atoms with E-state index in [9.17, 15) is 4.79 Å². The summed E-state index contributed by atoms with van der Waals surface area (Å²) in [5.41, 5.74) is 2.96. The predicted molar refractivity (Wildman–Crippen MR) is 134 cm³/mol. The maximum absolute atomic E-state index is 12.1. The van der Waals surface area contributed by atoms with Gasteiger partial charge in [0.15, 0.2) is 5.65 Å². The van der Waals surface area contributed by atoms with Crippen molar-refractivity contribution in [2.75, 3.05) is 43.2 Å². The minimum atomic E-state index is -0.116. The molecule has 178 valence electrons. The van der Waals surface area contributed by atoms with Gasteiger partial charge >= 0.3 is 0 Å². The molecular weight excluding hydrogens is 428 g/mol. The van der Waals surface area contributed by atoms with Gasteiger partial charge in [0.1, 0.15) is 5.82 Å². The Hall–Kier alpha value is -3.26. The molecule has 1 aromatic carbocycles. The number of rotatable bonds is 4. The maximum Gasteiger partial charge on any atom is 0.251 e. The highest BCUT2D eigenvalue weighted by Crippen LogP contribution is 2.32. The highest BCUT2D eigenvalue weighted by atomic mass is 16.5. The third-order valence-electron chi connectivity index (χ3n) is 6.87. The normalized spacial score (nSPS) is 21.0. The van der Waals surface area contributed by atoms with Gasteiger partial charge < -0.3 is 19.9 Å². The molecule has 0 spiro atoms. The van der Waals surface area contributed by atoms with Gasteiger partial charge in [0.05, 0.1) is 30.3 Å². The number of morpholine rings is 1. The molecule has 34 heavy (non-hydrogen) atoms. The molecule has 1 amide bonds. The number of pyridine rings is 1. The average Bonchev–Trinajstić information content (AvgIpc) is 2.88. The minimum absolute atomic E-state index is 0.116. The Labute approximate surface area is 200 Å². The Morgan fingerprint density at radius 3 is 2.71 bits per heavy atom. The van der Waals surface area contributed by atoms with E-state index < -0.39 is 0 Å². The molecule has 2 aromatic heterocycles. The molecular formula is C26H32N6O2. The van der Waals surface area contributed by atoms with Crippen molar-refractivity contribution < 1.29 is 9.53 Å². The smallest absolute Gasteiger partial charge is 0.251 e. The van der Waals surface area contributed by atoms with E-state index in [1.807, 2.05) is 24.3 Å². The van der Waals surface area contributed by atoms with Crippen molar-refractivity contribution >= 4 is 28.7 Å². The summed E-state index contributed by atoms with van der Waals surface area (Å²) < 4.78 is 5.68.